The van der Waals surface area contributed by atoms with Gasteiger partial charge in [0.25, 0.3) is 0 Å². The first-order chi connectivity index (χ1) is 61.2. The monoisotopic (exact) mass is 1870 g/mol. The van der Waals surface area contributed by atoms with E-state index in [0.717, 1.165) is 96.0 Å². The van der Waals surface area contributed by atoms with E-state index in [2.05, 4.69) is 21.3 Å². The standard InChI is InChI=1S/C29H32ClNO4.C27H28ClNO5S.C25H24ClNO4.C20H22ClNO5S/c1-20(27(32)35-29(2,3)4)31-26(28(33)34-19-22-9-6-5-7-10-22)17-21-13-15-23(16-14-21)24-11-8-12-25(30)18-24;1-19(26(30)18-35(2,32)33)29-25(27(31)34-17-21-7-4-3-5-8-21)15-20-11-13-22(14-12-20)23-9-6-10-24(28)16-23;1-17(24(28)29)27-23(25(30)31-16-19-6-3-2-4-7-19)14-18-10-12-20(13-11-18)21-8-5-9-22(26)15-21;1-13(19(23)12-28(2,26)27)22-18(20(24)25)10-14-6-8-15(9-7-14)16-4-3-5-17(21)11-16/h5-16,18,20,26,31H,17,19H2,1-4H3;3-14,16,19,25,29H,15,17-18H2,1-2H3;2-13,15,17,23,27H,14,16H2,1H3,(H,28,29);3-9,11,13,18,22H,10,12H2,1-2H3,(H,24,25)/t20-,26-;19-,25-;17-,23-;13-,18-/m0000/s1. The Labute approximate surface area is 774 Å². The summed E-state index contributed by atoms with van der Waals surface area (Å²) in [4.78, 5) is 98.4. The van der Waals surface area contributed by atoms with Crippen LogP contribution in [0.3, 0.4) is 0 Å². The molecule has 0 saturated heterocycles. The molecule has 0 spiro atoms. The highest BCUT2D eigenvalue weighted by Crippen LogP contribution is 2.29. The van der Waals surface area contributed by atoms with Crippen LogP contribution in [0.2, 0.25) is 20.1 Å². The van der Waals surface area contributed by atoms with Gasteiger partial charge in [0, 0.05) is 32.6 Å². The number of aliphatic carboxylic acids is 2. The van der Waals surface area contributed by atoms with Gasteiger partial charge in [0.2, 0.25) is 0 Å². The first-order valence-electron chi connectivity index (χ1n) is 41.3. The first-order valence-corrected chi connectivity index (χ1v) is 47.0. The predicted molar refractivity (Wildman–Crippen MR) is 507 cm³/mol. The summed E-state index contributed by atoms with van der Waals surface area (Å²) in [6.45, 7) is 12.0. The highest BCUT2D eigenvalue weighted by atomic mass is 35.5. The molecule has 11 rings (SSSR count). The molecular weight excluding hydrogens is 1760 g/mol. The molecule has 0 amide bonds. The number of esters is 4. The fourth-order valence-electron chi connectivity index (χ4n) is 13.0. The maximum absolute atomic E-state index is 13.0. The second kappa shape index (κ2) is 50.4. The summed E-state index contributed by atoms with van der Waals surface area (Å²) in [6, 6.07) is 82.3. The average Bonchev–Trinajstić information content (AvgIpc) is 0.852. The summed E-state index contributed by atoms with van der Waals surface area (Å²) in [5.41, 5.74) is 13.3. The van der Waals surface area contributed by atoms with Gasteiger partial charge in [-0.05, 0) is 206 Å². The van der Waals surface area contributed by atoms with Gasteiger partial charge in [-0.15, -0.1) is 0 Å². The van der Waals surface area contributed by atoms with Crippen LogP contribution < -0.4 is 21.3 Å². The molecule has 0 aliphatic carbocycles. The number of halogens is 4. The number of ether oxygens (including phenoxy) is 4. The number of carboxylic acid groups (broad SMARTS) is 2. The molecule has 678 valence electrons. The zero-order valence-corrected chi connectivity index (χ0v) is 77.5. The lowest BCUT2D eigenvalue weighted by molar-refractivity contribution is -0.158. The van der Waals surface area contributed by atoms with Gasteiger partial charge in [-0.25, -0.2) is 16.8 Å². The molecule has 0 unspecified atom stereocenters. The van der Waals surface area contributed by atoms with Crippen molar-refractivity contribution in [3.8, 4) is 44.5 Å². The van der Waals surface area contributed by atoms with Gasteiger partial charge in [0.15, 0.2) is 31.2 Å². The molecule has 0 heterocycles. The average molecular weight is 1870 g/mol. The maximum Gasteiger partial charge on any atom is 0.323 e. The lowest BCUT2D eigenvalue weighted by atomic mass is 10.00. The number of hydrogen-bond donors (Lipinski definition) is 6. The number of benzene rings is 11. The second-order valence-corrected chi connectivity index (χ2v) is 38.0. The number of sulfone groups is 2. The fourth-order valence-corrected chi connectivity index (χ4v) is 15.3. The van der Waals surface area contributed by atoms with E-state index in [4.69, 9.17) is 65.4 Å². The second-order valence-electron chi connectivity index (χ2n) is 32.0. The fraction of sp³-hybridized carbons (Fsp3) is 0.267. The molecule has 22 nitrogen and oxygen atoms in total. The van der Waals surface area contributed by atoms with Crippen LogP contribution in [0.4, 0.5) is 0 Å². The number of ketones is 2. The number of rotatable bonds is 38. The number of carbonyl (C=O) groups excluding carboxylic acids is 6. The van der Waals surface area contributed by atoms with E-state index < -0.39 is 132 Å². The molecule has 0 aromatic heterocycles. The first kappa shape index (κ1) is 103. The van der Waals surface area contributed by atoms with Crippen molar-refractivity contribution in [1.82, 2.24) is 21.3 Å². The molecule has 0 aliphatic rings. The summed E-state index contributed by atoms with van der Waals surface area (Å²) >= 11 is 24.3. The Balaban J connectivity index is 0.000000213. The molecule has 0 fully saturated rings. The van der Waals surface area contributed by atoms with E-state index in [-0.39, 0.29) is 32.7 Å². The van der Waals surface area contributed by atoms with Crippen molar-refractivity contribution in [2.45, 2.75) is 148 Å². The van der Waals surface area contributed by atoms with Gasteiger partial charge in [-0.2, -0.15) is 0 Å². The van der Waals surface area contributed by atoms with Crippen molar-refractivity contribution in [3.05, 3.63) is 344 Å². The van der Waals surface area contributed by atoms with Crippen LogP contribution in [-0.4, -0.2) is 152 Å². The molecule has 11 aromatic carbocycles. The number of nitrogens with one attached hydrogen (secondary N) is 4. The van der Waals surface area contributed by atoms with Crippen LogP contribution in [0, 0.1) is 0 Å². The molecule has 0 radical (unpaired) electrons. The quantitative estimate of drug-likeness (QED) is 0.0155. The lowest BCUT2D eigenvalue weighted by Crippen LogP contribution is -2.49. The highest BCUT2D eigenvalue weighted by molar-refractivity contribution is 7.91. The molecule has 11 aromatic rings. The summed E-state index contributed by atoms with van der Waals surface area (Å²) in [5.74, 6) is -6.30. The lowest BCUT2D eigenvalue weighted by Gasteiger charge is -2.25. The Morgan fingerprint density at radius 2 is 0.550 bits per heavy atom. The minimum Gasteiger partial charge on any atom is -0.480 e. The summed E-state index contributed by atoms with van der Waals surface area (Å²) in [7, 11) is -6.94. The predicted octanol–water partition coefficient (Wildman–Crippen LogP) is 17.6. The topological polar surface area (TPSA) is 330 Å². The Bertz CT molecular complexity index is 5780. The largest absolute Gasteiger partial charge is 0.480 e. The minimum atomic E-state index is -3.48. The smallest absolute Gasteiger partial charge is 0.323 e. The van der Waals surface area contributed by atoms with Gasteiger partial charge in [0.1, 0.15) is 73.2 Å². The van der Waals surface area contributed by atoms with E-state index in [9.17, 15) is 65.4 Å². The van der Waals surface area contributed by atoms with E-state index >= 15 is 0 Å². The van der Waals surface area contributed by atoms with Gasteiger partial charge in [0.05, 0.1) is 12.1 Å². The summed E-state index contributed by atoms with van der Waals surface area (Å²) < 4.78 is 67.6. The Kier molecular flexibility index (Phi) is 40.2. The van der Waals surface area contributed by atoms with Crippen molar-refractivity contribution in [2.24, 2.45) is 0 Å². The normalized spacial score (nSPS) is 13.1. The van der Waals surface area contributed by atoms with Crippen molar-refractivity contribution in [3.63, 3.8) is 0 Å². The van der Waals surface area contributed by atoms with Crippen LogP contribution >= 0.6 is 46.4 Å². The van der Waals surface area contributed by atoms with Crippen molar-refractivity contribution < 1.29 is 84.4 Å². The highest BCUT2D eigenvalue weighted by Gasteiger charge is 2.32. The van der Waals surface area contributed by atoms with Crippen LogP contribution in [0.1, 0.15) is 87.4 Å². The number of Topliss-reactive ketones (excluding diaryl/α,β-unsaturated/α-hetero) is 2. The number of carbonyl (C=O) groups is 8. The van der Waals surface area contributed by atoms with Crippen LogP contribution in [0.25, 0.3) is 44.5 Å². The van der Waals surface area contributed by atoms with Gasteiger partial charge in [-0.1, -0.05) is 283 Å². The minimum absolute atomic E-state index is 0.0945. The third-order valence-electron chi connectivity index (χ3n) is 19.7. The van der Waals surface area contributed by atoms with E-state index in [1.807, 2.05) is 300 Å². The molecule has 129 heavy (non-hydrogen) atoms. The molecule has 0 saturated carbocycles. The maximum atomic E-state index is 13.0. The van der Waals surface area contributed by atoms with Gasteiger partial charge in [-0.3, -0.25) is 59.6 Å². The SMILES string of the molecule is C[C@H](N[C@@H](Cc1ccc(-c2cccc(Cl)c2)cc1)C(=O)O)C(=O)CS(C)(=O)=O.C[C@H](N[C@@H](Cc1ccc(-c2cccc(Cl)c2)cc1)C(=O)OCc1ccccc1)C(=O)CS(C)(=O)=O.C[C@H](N[C@@H](Cc1ccc(-c2cccc(Cl)c2)cc1)C(=O)OCc1ccccc1)C(=O)O.C[C@H](N[C@@H](Cc1ccc(-c2cccc(Cl)c2)cc1)C(=O)OCc1ccccc1)C(=O)OC(C)(C)C. The Morgan fingerprint density at radius 3 is 0.791 bits per heavy atom. The van der Waals surface area contributed by atoms with Crippen molar-refractivity contribution in [2.75, 3.05) is 24.0 Å². The molecule has 8 atom stereocenters. The molecule has 0 aliphatic heterocycles. The van der Waals surface area contributed by atoms with Gasteiger partial charge >= 0.3 is 35.8 Å². The van der Waals surface area contributed by atoms with E-state index in [1.54, 1.807) is 19.9 Å². The zero-order valence-electron chi connectivity index (χ0n) is 72.9. The molecule has 0 bridgehead atoms. The van der Waals surface area contributed by atoms with E-state index in [0.29, 0.717) is 32.9 Å². The summed E-state index contributed by atoms with van der Waals surface area (Å²) in [5, 5.41) is 33.0. The number of hydrogen-bond acceptors (Lipinski definition) is 20. The van der Waals surface area contributed by atoms with Crippen molar-refractivity contribution >= 4 is 113 Å². The van der Waals surface area contributed by atoms with Gasteiger partial charge < -0.3 is 29.2 Å². The van der Waals surface area contributed by atoms with Crippen molar-refractivity contribution in [1.29, 1.82) is 0 Å². The molecular formula is C101H106Cl4N4O18S2. The third-order valence-corrected chi connectivity index (χ3v) is 22.3. The third kappa shape index (κ3) is 37.2. The van der Waals surface area contributed by atoms with Crippen LogP contribution in [-0.2, 0) is 122 Å². The van der Waals surface area contributed by atoms with Crippen LogP contribution in [0.5, 0.6) is 0 Å². The Morgan fingerprint density at radius 1 is 0.302 bits per heavy atom. The Hall–Kier alpha value is -11.5. The van der Waals surface area contributed by atoms with E-state index in [1.165, 1.54) is 13.8 Å². The van der Waals surface area contributed by atoms with Crippen LogP contribution in [0.15, 0.2) is 285 Å². The summed E-state index contributed by atoms with van der Waals surface area (Å²) in [6.07, 6.45) is 3.05. The number of carboxylic acids is 2. The molecule has 6 N–H and O–H groups in total. The zero-order chi connectivity index (χ0) is 94.0. The molecule has 28 heteroatoms.